The first-order valence-corrected chi connectivity index (χ1v) is 8.98. The summed E-state index contributed by atoms with van der Waals surface area (Å²) >= 11 is 6.17. The second-order valence-electron chi connectivity index (χ2n) is 6.46. The van der Waals surface area contributed by atoms with Crippen LogP contribution in [0.1, 0.15) is 16.1 Å². The predicted molar refractivity (Wildman–Crippen MR) is 109 cm³/mol. The van der Waals surface area contributed by atoms with Crippen molar-refractivity contribution in [3.05, 3.63) is 88.8 Å². The number of hydrogen-bond donors (Lipinski definition) is 2. The van der Waals surface area contributed by atoms with Crippen molar-refractivity contribution in [3.8, 4) is 11.1 Å². The van der Waals surface area contributed by atoms with Crippen LogP contribution in [0.15, 0.2) is 66.7 Å². The van der Waals surface area contributed by atoms with Gasteiger partial charge in [-0.15, -0.1) is 0 Å². The van der Waals surface area contributed by atoms with E-state index in [9.17, 15) is 14.3 Å². The summed E-state index contributed by atoms with van der Waals surface area (Å²) in [6, 6.07) is 18.5. The maximum absolute atomic E-state index is 14.6. The van der Waals surface area contributed by atoms with Gasteiger partial charge in [0, 0.05) is 32.7 Å². The zero-order chi connectivity index (χ0) is 19.8. The smallest absolute Gasteiger partial charge is 0.353 e. The van der Waals surface area contributed by atoms with E-state index in [4.69, 9.17) is 17.3 Å². The molecule has 4 aromatic rings. The summed E-state index contributed by atoms with van der Waals surface area (Å²) in [6.45, 7) is 0.237. The number of hydrogen-bond acceptors (Lipinski definition) is 2. The van der Waals surface area contributed by atoms with E-state index in [0.717, 1.165) is 5.56 Å². The van der Waals surface area contributed by atoms with Gasteiger partial charge in [-0.05, 0) is 35.9 Å². The van der Waals surface area contributed by atoms with E-state index in [2.05, 4.69) is 0 Å². The van der Waals surface area contributed by atoms with Crippen LogP contribution < -0.4 is 5.73 Å². The fraction of sp³-hybridized carbons (Fsp3) is 0.0455. The van der Waals surface area contributed by atoms with E-state index < -0.39 is 11.8 Å². The Morgan fingerprint density at radius 2 is 1.79 bits per heavy atom. The molecule has 0 aliphatic carbocycles. The molecular weight excluding hydrogens is 379 g/mol. The number of nitrogens with two attached hydrogens (primary N) is 1. The molecule has 0 bridgehead atoms. The van der Waals surface area contributed by atoms with E-state index in [1.165, 1.54) is 6.07 Å². The van der Waals surface area contributed by atoms with E-state index in [1.54, 1.807) is 47.0 Å². The molecular formula is C22H16ClFN2O2. The van der Waals surface area contributed by atoms with Crippen molar-refractivity contribution in [2.24, 2.45) is 0 Å². The Kier molecular flexibility index (Phi) is 4.53. The molecule has 4 nitrogen and oxygen atoms in total. The second kappa shape index (κ2) is 7.02. The topological polar surface area (TPSA) is 68.2 Å². The third-order valence-electron chi connectivity index (χ3n) is 4.75. The number of benzene rings is 3. The summed E-state index contributed by atoms with van der Waals surface area (Å²) in [7, 11) is 0. The van der Waals surface area contributed by atoms with Gasteiger partial charge in [0.25, 0.3) is 0 Å². The molecule has 0 aliphatic heterocycles. The van der Waals surface area contributed by atoms with Crippen molar-refractivity contribution in [2.45, 2.75) is 6.54 Å². The molecule has 0 atom stereocenters. The number of aromatic nitrogens is 1. The highest BCUT2D eigenvalue weighted by atomic mass is 35.5. The van der Waals surface area contributed by atoms with Crippen molar-refractivity contribution in [2.75, 3.05) is 5.73 Å². The molecule has 0 spiro atoms. The summed E-state index contributed by atoms with van der Waals surface area (Å²) < 4.78 is 16.2. The van der Waals surface area contributed by atoms with Crippen LogP contribution in [0.4, 0.5) is 10.1 Å². The molecule has 3 aromatic carbocycles. The van der Waals surface area contributed by atoms with Crippen molar-refractivity contribution < 1.29 is 14.3 Å². The molecule has 6 heteroatoms. The number of carboxylic acids is 1. The Balaban J connectivity index is 2.08. The molecule has 0 fully saturated rings. The first-order chi connectivity index (χ1) is 13.5. The third kappa shape index (κ3) is 3.00. The number of para-hydroxylation sites is 1. The van der Waals surface area contributed by atoms with Gasteiger partial charge in [0.2, 0.25) is 0 Å². The molecule has 4 rings (SSSR count). The lowest BCUT2D eigenvalue weighted by Crippen LogP contribution is -2.11. The summed E-state index contributed by atoms with van der Waals surface area (Å²) in [4.78, 5) is 12.2. The van der Waals surface area contributed by atoms with Crippen LogP contribution in [0.2, 0.25) is 5.02 Å². The summed E-state index contributed by atoms with van der Waals surface area (Å²) in [5.74, 6) is -1.65. The molecule has 0 aliphatic rings. The average Bonchev–Trinajstić information content (AvgIpc) is 2.97. The Morgan fingerprint density at radius 3 is 2.50 bits per heavy atom. The predicted octanol–water partition coefficient (Wildman–Crippen LogP) is 5.43. The highest BCUT2D eigenvalue weighted by Crippen LogP contribution is 2.38. The molecule has 0 unspecified atom stereocenters. The van der Waals surface area contributed by atoms with Crippen molar-refractivity contribution in [3.63, 3.8) is 0 Å². The van der Waals surface area contributed by atoms with Crippen molar-refractivity contribution in [1.82, 2.24) is 4.57 Å². The monoisotopic (exact) mass is 394 g/mol. The highest BCUT2D eigenvalue weighted by Gasteiger charge is 2.25. The molecule has 1 heterocycles. The van der Waals surface area contributed by atoms with E-state index >= 15 is 0 Å². The number of nitrogen functional groups attached to an aromatic ring is 1. The number of halogens is 2. The number of fused-ring (bicyclic) bond motifs is 1. The van der Waals surface area contributed by atoms with Crippen LogP contribution >= 0.6 is 11.6 Å². The van der Waals surface area contributed by atoms with E-state index in [-0.39, 0.29) is 17.8 Å². The minimum atomic E-state index is -1.15. The molecule has 3 N–H and O–H groups in total. The summed E-state index contributed by atoms with van der Waals surface area (Å²) in [5, 5.41) is 11.0. The van der Waals surface area contributed by atoms with E-state index in [0.29, 0.717) is 27.2 Å². The van der Waals surface area contributed by atoms with Crippen LogP contribution in [0.25, 0.3) is 22.0 Å². The van der Waals surface area contributed by atoms with Crippen LogP contribution in [-0.4, -0.2) is 15.6 Å². The fourth-order valence-corrected chi connectivity index (χ4v) is 3.67. The number of anilines is 1. The van der Waals surface area contributed by atoms with Crippen molar-refractivity contribution >= 4 is 34.2 Å². The fourth-order valence-electron chi connectivity index (χ4n) is 3.50. The number of carbonyl (C=O) groups is 1. The lowest BCUT2D eigenvalue weighted by molar-refractivity contribution is 0.0687. The van der Waals surface area contributed by atoms with Gasteiger partial charge in [-0.2, -0.15) is 0 Å². The Morgan fingerprint density at radius 1 is 1.07 bits per heavy atom. The Bertz CT molecular complexity index is 1220. The molecule has 140 valence electrons. The minimum Gasteiger partial charge on any atom is -0.477 e. The lowest BCUT2D eigenvalue weighted by atomic mass is 10.0. The number of rotatable bonds is 4. The molecule has 0 saturated carbocycles. The van der Waals surface area contributed by atoms with Crippen LogP contribution in [0.3, 0.4) is 0 Å². The van der Waals surface area contributed by atoms with Crippen LogP contribution in [-0.2, 0) is 6.54 Å². The highest BCUT2D eigenvalue weighted by molar-refractivity contribution is 6.31. The van der Waals surface area contributed by atoms with Crippen LogP contribution in [0, 0.1) is 5.82 Å². The Labute approximate surface area is 165 Å². The number of aromatic carboxylic acids is 1. The van der Waals surface area contributed by atoms with Gasteiger partial charge >= 0.3 is 5.97 Å². The summed E-state index contributed by atoms with van der Waals surface area (Å²) in [6.07, 6.45) is 0. The molecule has 0 amide bonds. The molecule has 28 heavy (non-hydrogen) atoms. The molecule has 0 saturated heterocycles. The average molecular weight is 395 g/mol. The molecule has 1 aromatic heterocycles. The van der Waals surface area contributed by atoms with Gasteiger partial charge < -0.3 is 15.4 Å². The first-order valence-electron chi connectivity index (χ1n) is 8.60. The van der Waals surface area contributed by atoms with Gasteiger partial charge in [-0.1, -0.05) is 48.0 Å². The van der Waals surface area contributed by atoms with Crippen LogP contribution in [0.5, 0.6) is 0 Å². The van der Waals surface area contributed by atoms with Gasteiger partial charge in [-0.3, -0.25) is 0 Å². The maximum atomic E-state index is 14.6. The van der Waals surface area contributed by atoms with Gasteiger partial charge in [0.05, 0.1) is 6.54 Å². The maximum Gasteiger partial charge on any atom is 0.353 e. The summed E-state index contributed by atoms with van der Waals surface area (Å²) in [5.41, 5.74) is 8.55. The third-order valence-corrected chi connectivity index (χ3v) is 4.99. The second-order valence-corrected chi connectivity index (χ2v) is 6.89. The van der Waals surface area contributed by atoms with Gasteiger partial charge in [0.1, 0.15) is 11.5 Å². The number of nitrogens with zero attached hydrogens (tertiary/aromatic N) is 1. The lowest BCUT2D eigenvalue weighted by Gasteiger charge is -2.11. The van der Waals surface area contributed by atoms with E-state index in [1.807, 2.05) is 18.2 Å². The molecule has 0 radical (unpaired) electrons. The standard InChI is InChI=1S/C22H16ClFN2O2/c23-14-9-10-19-16(11-14)20(15-6-2-3-7-17(15)24)21(22(27)28)26(19)12-13-5-1-4-8-18(13)25/h1-11H,12,25H2,(H,27,28). The Hall–Kier alpha value is -3.31. The zero-order valence-electron chi connectivity index (χ0n) is 14.7. The quantitative estimate of drug-likeness (QED) is 0.453. The normalized spacial score (nSPS) is 11.1. The largest absolute Gasteiger partial charge is 0.477 e. The first kappa shape index (κ1) is 18.1. The van der Waals surface area contributed by atoms with Gasteiger partial charge in [-0.25, -0.2) is 9.18 Å². The SMILES string of the molecule is Nc1ccccc1Cn1c(C(=O)O)c(-c2ccccc2F)c2cc(Cl)ccc21. The van der Waals surface area contributed by atoms with Gasteiger partial charge in [0.15, 0.2) is 0 Å². The van der Waals surface area contributed by atoms with Crippen molar-refractivity contribution in [1.29, 1.82) is 0 Å². The minimum absolute atomic E-state index is 0.00869. The number of carboxylic acid groups (broad SMARTS) is 1. The zero-order valence-corrected chi connectivity index (χ0v) is 15.4.